The lowest BCUT2D eigenvalue weighted by Gasteiger charge is -2.26. The van der Waals surface area contributed by atoms with Crippen LogP contribution in [0.2, 0.25) is 0 Å². The highest BCUT2D eigenvalue weighted by Gasteiger charge is 2.21. The number of halogens is 1. The Morgan fingerprint density at radius 1 is 0.857 bits per heavy atom. The summed E-state index contributed by atoms with van der Waals surface area (Å²) >= 11 is 2.15. The van der Waals surface area contributed by atoms with Crippen molar-refractivity contribution in [2.45, 2.75) is 36.5 Å². The zero-order valence-electron chi connectivity index (χ0n) is 19.1. The molecule has 0 fully saturated rings. The SMILES string of the molecule is O=S(=O)(Nc1ccc(-c2ccc(CC3CCCc4ccc(O)cc43)cc2)cc1)c1ccc(I)cc1. The number of aryl methyl sites for hydroxylation is 1. The van der Waals surface area contributed by atoms with Crippen LogP contribution < -0.4 is 4.72 Å². The number of fused-ring (bicyclic) bond motifs is 1. The smallest absolute Gasteiger partial charge is 0.261 e. The molecule has 4 nitrogen and oxygen atoms in total. The number of sulfonamides is 1. The maximum absolute atomic E-state index is 12.6. The molecule has 2 N–H and O–H groups in total. The van der Waals surface area contributed by atoms with E-state index in [1.807, 2.05) is 18.2 Å². The van der Waals surface area contributed by atoms with E-state index in [4.69, 9.17) is 0 Å². The molecule has 0 amide bonds. The van der Waals surface area contributed by atoms with Crippen LogP contribution in [0.5, 0.6) is 5.75 Å². The predicted molar refractivity (Wildman–Crippen MR) is 149 cm³/mol. The van der Waals surface area contributed by atoms with Crippen LogP contribution in [0.25, 0.3) is 11.1 Å². The summed E-state index contributed by atoms with van der Waals surface area (Å²) < 4.78 is 28.9. The molecule has 0 saturated heterocycles. The van der Waals surface area contributed by atoms with Crippen LogP contribution in [0.15, 0.2) is 95.9 Å². The highest BCUT2D eigenvalue weighted by atomic mass is 127. The van der Waals surface area contributed by atoms with Gasteiger partial charge in [-0.15, -0.1) is 0 Å². The molecular formula is C29H26INO3S. The molecule has 0 radical (unpaired) electrons. The van der Waals surface area contributed by atoms with Crippen LogP contribution >= 0.6 is 22.6 Å². The first-order chi connectivity index (χ1) is 16.9. The molecule has 35 heavy (non-hydrogen) atoms. The number of anilines is 1. The normalized spacial score (nSPS) is 15.4. The van der Waals surface area contributed by atoms with E-state index in [1.54, 1.807) is 42.5 Å². The lowest BCUT2D eigenvalue weighted by molar-refractivity contribution is 0.469. The van der Waals surface area contributed by atoms with Crippen molar-refractivity contribution in [3.63, 3.8) is 0 Å². The number of phenols is 1. The molecule has 178 valence electrons. The van der Waals surface area contributed by atoms with Gasteiger partial charge >= 0.3 is 0 Å². The molecule has 0 bridgehead atoms. The van der Waals surface area contributed by atoms with Crippen LogP contribution in [0.4, 0.5) is 5.69 Å². The summed E-state index contributed by atoms with van der Waals surface area (Å²) in [5, 5.41) is 9.95. The summed E-state index contributed by atoms with van der Waals surface area (Å²) in [5.41, 5.74) is 6.56. The molecule has 6 heteroatoms. The van der Waals surface area contributed by atoms with Crippen molar-refractivity contribution in [3.8, 4) is 16.9 Å². The molecule has 1 aliphatic rings. The van der Waals surface area contributed by atoms with Gasteiger partial charge in [0.1, 0.15) is 5.75 Å². The molecule has 0 heterocycles. The van der Waals surface area contributed by atoms with Crippen molar-refractivity contribution in [2.75, 3.05) is 4.72 Å². The first-order valence-corrected chi connectivity index (χ1v) is 14.2. The van der Waals surface area contributed by atoms with Gasteiger partial charge in [0.25, 0.3) is 10.0 Å². The first-order valence-electron chi connectivity index (χ1n) is 11.7. The second-order valence-corrected chi connectivity index (χ2v) is 11.9. The fourth-order valence-electron chi connectivity index (χ4n) is 4.77. The number of nitrogens with one attached hydrogen (secondary N) is 1. The predicted octanol–water partition coefficient (Wildman–Crippen LogP) is 7.13. The highest BCUT2D eigenvalue weighted by Crippen LogP contribution is 2.36. The molecule has 0 aliphatic heterocycles. The second-order valence-electron chi connectivity index (χ2n) is 9.01. The van der Waals surface area contributed by atoms with Gasteiger partial charge in [0.05, 0.1) is 4.90 Å². The summed E-state index contributed by atoms with van der Waals surface area (Å²) in [6.45, 7) is 0. The van der Waals surface area contributed by atoms with E-state index in [9.17, 15) is 13.5 Å². The van der Waals surface area contributed by atoms with E-state index >= 15 is 0 Å². The monoisotopic (exact) mass is 595 g/mol. The maximum Gasteiger partial charge on any atom is 0.261 e. The Bertz CT molecular complexity index is 1430. The zero-order valence-corrected chi connectivity index (χ0v) is 22.1. The third kappa shape index (κ3) is 5.54. The Morgan fingerprint density at radius 3 is 2.20 bits per heavy atom. The fraction of sp³-hybridized carbons (Fsp3) is 0.172. The number of benzene rings is 4. The van der Waals surface area contributed by atoms with Crippen molar-refractivity contribution < 1.29 is 13.5 Å². The Labute approximate surface area is 220 Å². The summed E-state index contributed by atoms with van der Waals surface area (Å²) in [7, 11) is -3.62. The Hall–Kier alpha value is -2.84. The van der Waals surface area contributed by atoms with Crippen molar-refractivity contribution in [1.29, 1.82) is 0 Å². The van der Waals surface area contributed by atoms with Crippen molar-refractivity contribution in [1.82, 2.24) is 0 Å². The van der Waals surface area contributed by atoms with Gasteiger partial charge in [-0.25, -0.2) is 8.42 Å². The Kier molecular flexibility index (Phi) is 6.84. The first kappa shape index (κ1) is 23.9. The van der Waals surface area contributed by atoms with Crippen molar-refractivity contribution >= 4 is 38.3 Å². The maximum atomic E-state index is 12.6. The summed E-state index contributed by atoms with van der Waals surface area (Å²) in [6.07, 6.45) is 4.36. The molecule has 4 aromatic carbocycles. The molecule has 0 aromatic heterocycles. The Morgan fingerprint density at radius 2 is 1.51 bits per heavy atom. The zero-order chi connectivity index (χ0) is 24.4. The molecule has 4 aromatic rings. The minimum atomic E-state index is -3.62. The molecule has 0 spiro atoms. The number of hydrogen-bond donors (Lipinski definition) is 2. The van der Waals surface area contributed by atoms with E-state index in [-0.39, 0.29) is 4.90 Å². The lowest BCUT2D eigenvalue weighted by atomic mass is 9.79. The molecule has 0 saturated carbocycles. The van der Waals surface area contributed by atoms with Crippen LogP contribution in [-0.2, 0) is 22.9 Å². The highest BCUT2D eigenvalue weighted by molar-refractivity contribution is 14.1. The summed E-state index contributed by atoms with van der Waals surface area (Å²) in [5.74, 6) is 0.771. The Balaban J connectivity index is 1.27. The molecule has 1 unspecified atom stereocenters. The molecule has 1 aliphatic carbocycles. The second kappa shape index (κ2) is 10.0. The van der Waals surface area contributed by atoms with Crippen LogP contribution in [0.3, 0.4) is 0 Å². The van der Waals surface area contributed by atoms with Crippen LogP contribution in [-0.4, -0.2) is 13.5 Å². The quantitative estimate of drug-likeness (QED) is 0.233. The topological polar surface area (TPSA) is 66.4 Å². The van der Waals surface area contributed by atoms with Crippen LogP contribution in [0, 0.1) is 3.57 Å². The average molecular weight is 596 g/mol. The van der Waals surface area contributed by atoms with Gasteiger partial charge in [-0.1, -0.05) is 42.5 Å². The molecule has 5 rings (SSSR count). The van der Waals surface area contributed by atoms with Gasteiger partial charge in [-0.2, -0.15) is 0 Å². The van der Waals surface area contributed by atoms with Crippen molar-refractivity contribution in [2.24, 2.45) is 0 Å². The van der Waals surface area contributed by atoms with E-state index in [0.29, 0.717) is 17.4 Å². The number of aromatic hydroxyl groups is 1. The minimum absolute atomic E-state index is 0.244. The van der Waals surface area contributed by atoms with Gasteiger partial charge in [0.2, 0.25) is 0 Å². The van der Waals surface area contributed by atoms with Gasteiger partial charge in [-0.05, 0) is 131 Å². The van der Waals surface area contributed by atoms with Gasteiger partial charge in [-0.3, -0.25) is 4.72 Å². The van der Waals surface area contributed by atoms with E-state index < -0.39 is 10.0 Å². The largest absolute Gasteiger partial charge is 0.508 e. The van der Waals surface area contributed by atoms with Crippen molar-refractivity contribution in [3.05, 3.63) is 111 Å². The number of hydrogen-bond acceptors (Lipinski definition) is 3. The standard InChI is InChI=1S/C29H26INO3S/c30-25-11-16-28(17-12-25)35(33,34)31-26-13-8-22(9-14-26)21-6-4-20(5-7-21)18-24-3-1-2-23-10-15-27(32)19-29(23)24/h4-17,19,24,31-32H,1-3,18H2. The van der Waals surface area contributed by atoms with Gasteiger partial charge in [0, 0.05) is 9.26 Å². The minimum Gasteiger partial charge on any atom is -0.508 e. The van der Waals surface area contributed by atoms with E-state index in [2.05, 4.69) is 57.6 Å². The summed E-state index contributed by atoms with van der Waals surface area (Å²) in [4.78, 5) is 0.244. The average Bonchev–Trinajstić information content (AvgIpc) is 2.85. The third-order valence-corrected chi connectivity index (χ3v) is 8.71. The molecule has 1 atom stereocenters. The third-order valence-electron chi connectivity index (χ3n) is 6.60. The van der Waals surface area contributed by atoms with Gasteiger partial charge < -0.3 is 5.11 Å². The van der Waals surface area contributed by atoms with Crippen LogP contribution in [0.1, 0.15) is 35.4 Å². The number of rotatable bonds is 6. The van der Waals surface area contributed by atoms with E-state index in [1.165, 1.54) is 23.1 Å². The van der Waals surface area contributed by atoms with E-state index in [0.717, 1.165) is 34.0 Å². The lowest BCUT2D eigenvalue weighted by Crippen LogP contribution is -2.12. The summed E-state index contributed by atoms with van der Waals surface area (Å²) in [6, 6.07) is 28.6. The number of phenolic OH excluding ortho intramolecular Hbond substituents is 1. The fourth-order valence-corrected chi connectivity index (χ4v) is 6.19. The van der Waals surface area contributed by atoms with Gasteiger partial charge in [0.15, 0.2) is 0 Å². The molecular weight excluding hydrogens is 569 g/mol.